The molecule has 98 valence electrons. The van der Waals surface area contributed by atoms with Crippen molar-refractivity contribution in [1.82, 2.24) is 0 Å². The molecule has 1 heterocycles. The summed E-state index contributed by atoms with van der Waals surface area (Å²) >= 11 is 9.46. The molecule has 1 aliphatic heterocycles. The molecular formula is C14H11BrClNO2. The summed E-state index contributed by atoms with van der Waals surface area (Å²) in [6.45, 7) is 0. The highest BCUT2D eigenvalue weighted by Gasteiger charge is 2.48. The van der Waals surface area contributed by atoms with Crippen LogP contribution in [-0.2, 0) is 9.59 Å². The molecule has 3 nitrogen and oxygen atoms in total. The zero-order valence-electron chi connectivity index (χ0n) is 9.98. The maximum Gasteiger partial charge on any atom is 0.238 e. The number of carbonyl (C=O) groups is 2. The molecule has 2 atom stereocenters. The van der Waals surface area contributed by atoms with Crippen molar-refractivity contribution in [3.63, 3.8) is 0 Å². The first-order valence-electron chi connectivity index (χ1n) is 6.07. The van der Waals surface area contributed by atoms with Crippen LogP contribution in [0.25, 0.3) is 0 Å². The molecule has 0 bridgehead atoms. The number of anilines is 1. The van der Waals surface area contributed by atoms with E-state index in [9.17, 15) is 9.59 Å². The van der Waals surface area contributed by atoms with Crippen LogP contribution in [0, 0.1) is 11.8 Å². The van der Waals surface area contributed by atoms with Gasteiger partial charge >= 0.3 is 0 Å². The first kappa shape index (κ1) is 12.9. The molecule has 1 aliphatic carbocycles. The maximum absolute atomic E-state index is 12.4. The zero-order chi connectivity index (χ0) is 13.6. The fourth-order valence-electron chi connectivity index (χ4n) is 2.69. The molecule has 2 amide bonds. The van der Waals surface area contributed by atoms with Gasteiger partial charge in [-0.3, -0.25) is 9.59 Å². The Labute approximate surface area is 124 Å². The molecule has 0 saturated carbocycles. The predicted octanol–water partition coefficient (Wildman–Crippen LogP) is 3.56. The lowest BCUT2D eigenvalue weighted by Gasteiger charge is -2.16. The van der Waals surface area contributed by atoms with Crippen LogP contribution in [0.4, 0.5) is 5.69 Å². The van der Waals surface area contributed by atoms with Gasteiger partial charge in [0.2, 0.25) is 11.8 Å². The van der Waals surface area contributed by atoms with Crippen molar-refractivity contribution in [2.75, 3.05) is 4.90 Å². The van der Waals surface area contributed by atoms with E-state index in [4.69, 9.17) is 11.6 Å². The number of carbonyl (C=O) groups excluding carboxylic acids is 2. The average molecular weight is 341 g/mol. The molecule has 0 aromatic heterocycles. The number of benzene rings is 1. The molecule has 1 aromatic carbocycles. The SMILES string of the molecule is O=C1C2CC=CCC2C(=O)N1c1cc(Br)ccc1Cl. The molecule has 3 rings (SSSR count). The van der Waals surface area contributed by atoms with Crippen LogP contribution in [0.3, 0.4) is 0 Å². The van der Waals surface area contributed by atoms with Crippen molar-refractivity contribution < 1.29 is 9.59 Å². The molecule has 2 aliphatic rings. The minimum absolute atomic E-state index is 0.139. The normalized spacial score (nSPS) is 25.9. The van der Waals surface area contributed by atoms with Gasteiger partial charge in [-0.25, -0.2) is 4.90 Å². The monoisotopic (exact) mass is 339 g/mol. The molecule has 0 radical (unpaired) electrons. The molecule has 0 N–H and O–H groups in total. The average Bonchev–Trinajstić information content (AvgIpc) is 2.66. The Kier molecular flexibility index (Phi) is 3.23. The molecule has 0 spiro atoms. The Bertz CT molecular complexity index is 573. The van der Waals surface area contributed by atoms with E-state index in [0.717, 1.165) is 4.47 Å². The second-order valence-electron chi connectivity index (χ2n) is 4.76. The standard InChI is InChI=1S/C14H11BrClNO2/c15-8-5-6-11(16)12(7-8)17-13(18)9-3-1-2-4-10(9)14(17)19/h1-2,5-7,9-10H,3-4H2. The topological polar surface area (TPSA) is 37.4 Å². The van der Waals surface area contributed by atoms with Gasteiger partial charge in [-0.2, -0.15) is 0 Å². The predicted molar refractivity (Wildman–Crippen MR) is 77.0 cm³/mol. The number of amides is 2. The second kappa shape index (κ2) is 4.76. The fraction of sp³-hybridized carbons (Fsp3) is 0.286. The lowest BCUT2D eigenvalue weighted by molar-refractivity contribution is -0.122. The van der Waals surface area contributed by atoms with E-state index in [2.05, 4.69) is 15.9 Å². The van der Waals surface area contributed by atoms with Gasteiger partial charge in [-0.05, 0) is 31.0 Å². The van der Waals surface area contributed by atoms with Crippen molar-refractivity contribution in [3.05, 3.63) is 39.8 Å². The quantitative estimate of drug-likeness (QED) is 0.579. The van der Waals surface area contributed by atoms with E-state index in [1.54, 1.807) is 18.2 Å². The summed E-state index contributed by atoms with van der Waals surface area (Å²) in [5.41, 5.74) is 0.473. The third kappa shape index (κ3) is 2.03. The second-order valence-corrected chi connectivity index (χ2v) is 6.09. The molecule has 19 heavy (non-hydrogen) atoms. The Morgan fingerprint density at radius 2 is 1.68 bits per heavy atom. The van der Waals surface area contributed by atoms with Gasteiger partial charge in [-0.1, -0.05) is 39.7 Å². The van der Waals surface area contributed by atoms with Gasteiger partial charge in [0.25, 0.3) is 0 Å². The van der Waals surface area contributed by atoms with Crippen LogP contribution >= 0.6 is 27.5 Å². The summed E-state index contributed by atoms with van der Waals surface area (Å²) in [5.74, 6) is -0.737. The third-order valence-electron chi connectivity index (χ3n) is 3.66. The minimum Gasteiger partial charge on any atom is -0.274 e. The summed E-state index contributed by atoms with van der Waals surface area (Å²) in [6, 6.07) is 5.18. The van der Waals surface area contributed by atoms with Gasteiger partial charge in [0.15, 0.2) is 0 Å². The summed E-state index contributed by atoms with van der Waals surface area (Å²) in [7, 11) is 0. The number of imide groups is 1. The van der Waals surface area contributed by atoms with Crippen molar-refractivity contribution in [3.8, 4) is 0 Å². The van der Waals surface area contributed by atoms with E-state index in [0.29, 0.717) is 23.6 Å². The number of halogens is 2. The maximum atomic E-state index is 12.4. The Hall–Kier alpha value is -1.13. The first-order valence-corrected chi connectivity index (χ1v) is 7.24. The van der Waals surface area contributed by atoms with Crippen LogP contribution in [0.1, 0.15) is 12.8 Å². The molecule has 1 aromatic rings. The number of rotatable bonds is 1. The van der Waals surface area contributed by atoms with Crippen LogP contribution in [0.5, 0.6) is 0 Å². The molecular weight excluding hydrogens is 330 g/mol. The van der Waals surface area contributed by atoms with Gasteiger partial charge in [0, 0.05) is 4.47 Å². The Balaban J connectivity index is 2.04. The number of hydrogen-bond acceptors (Lipinski definition) is 2. The summed E-state index contributed by atoms with van der Waals surface area (Å²) in [4.78, 5) is 26.1. The van der Waals surface area contributed by atoms with Crippen molar-refractivity contribution in [2.24, 2.45) is 11.8 Å². The largest absolute Gasteiger partial charge is 0.274 e. The van der Waals surface area contributed by atoms with Crippen molar-refractivity contribution in [1.29, 1.82) is 0 Å². The lowest BCUT2D eigenvalue weighted by atomic mass is 9.85. The van der Waals surface area contributed by atoms with Crippen LogP contribution in [0.2, 0.25) is 5.02 Å². The molecule has 1 fully saturated rings. The van der Waals surface area contributed by atoms with E-state index in [1.165, 1.54) is 4.90 Å². The van der Waals surface area contributed by atoms with E-state index in [-0.39, 0.29) is 23.7 Å². The smallest absolute Gasteiger partial charge is 0.238 e. The van der Waals surface area contributed by atoms with Crippen LogP contribution in [-0.4, -0.2) is 11.8 Å². The minimum atomic E-state index is -0.229. The van der Waals surface area contributed by atoms with Gasteiger partial charge < -0.3 is 0 Å². The van der Waals surface area contributed by atoms with Crippen molar-refractivity contribution >= 4 is 45.0 Å². The highest BCUT2D eigenvalue weighted by Crippen LogP contribution is 2.40. The Morgan fingerprint density at radius 3 is 2.26 bits per heavy atom. The molecule has 1 saturated heterocycles. The van der Waals surface area contributed by atoms with Gasteiger partial charge in [-0.15, -0.1) is 0 Å². The van der Waals surface area contributed by atoms with Gasteiger partial charge in [0.05, 0.1) is 22.5 Å². The van der Waals surface area contributed by atoms with E-state index in [1.807, 2.05) is 12.2 Å². The number of nitrogens with zero attached hydrogens (tertiary/aromatic N) is 1. The highest BCUT2D eigenvalue weighted by molar-refractivity contribution is 9.10. The first-order chi connectivity index (χ1) is 9.09. The number of allylic oxidation sites excluding steroid dienone is 2. The highest BCUT2D eigenvalue weighted by atomic mass is 79.9. The molecule has 5 heteroatoms. The summed E-state index contributed by atoms with van der Waals surface area (Å²) in [5, 5.41) is 0.413. The Morgan fingerprint density at radius 1 is 1.11 bits per heavy atom. The summed E-state index contributed by atoms with van der Waals surface area (Å²) < 4.78 is 0.792. The lowest BCUT2D eigenvalue weighted by Crippen LogP contribution is -2.31. The number of fused-ring (bicyclic) bond motifs is 1. The van der Waals surface area contributed by atoms with E-state index >= 15 is 0 Å². The van der Waals surface area contributed by atoms with Gasteiger partial charge in [0.1, 0.15) is 0 Å². The van der Waals surface area contributed by atoms with E-state index < -0.39 is 0 Å². The number of hydrogen-bond donors (Lipinski definition) is 0. The summed E-state index contributed by atoms with van der Waals surface area (Å²) in [6.07, 6.45) is 5.21. The van der Waals surface area contributed by atoms with Crippen LogP contribution in [0.15, 0.2) is 34.8 Å². The third-order valence-corrected chi connectivity index (χ3v) is 4.47. The zero-order valence-corrected chi connectivity index (χ0v) is 12.3. The molecule has 2 unspecified atom stereocenters. The fourth-order valence-corrected chi connectivity index (χ4v) is 3.25. The van der Waals surface area contributed by atoms with Crippen LogP contribution < -0.4 is 4.90 Å². The van der Waals surface area contributed by atoms with Crippen molar-refractivity contribution in [2.45, 2.75) is 12.8 Å².